The normalized spacial score (nSPS) is 12.5. The maximum Gasteiger partial charge on any atom is 0.244 e. The summed E-state index contributed by atoms with van der Waals surface area (Å²) in [5.41, 5.74) is 7.27. The third-order valence-electron chi connectivity index (χ3n) is 2.69. The molecule has 0 fully saturated rings. The lowest BCUT2D eigenvalue weighted by Crippen LogP contribution is -2.36. The van der Waals surface area contributed by atoms with Crippen LogP contribution in [-0.2, 0) is 9.53 Å². The molecule has 1 rings (SSSR count). The Kier molecular flexibility index (Phi) is 6.68. The van der Waals surface area contributed by atoms with Crippen LogP contribution in [0.4, 0.5) is 5.69 Å². The lowest BCUT2D eigenvalue weighted by Gasteiger charge is -2.15. The first-order valence-corrected chi connectivity index (χ1v) is 6.48. The van der Waals surface area contributed by atoms with Gasteiger partial charge in [0, 0.05) is 18.9 Å². The predicted molar refractivity (Wildman–Crippen MR) is 78.6 cm³/mol. The summed E-state index contributed by atoms with van der Waals surface area (Å²) < 4.78 is 5.08. The van der Waals surface area contributed by atoms with E-state index in [1.165, 1.54) is 6.08 Å². The standard InChI is InChI=1S/C15H22N2O2/c1-3-5-14(11-19-2)17-15(18)9-8-12-6-4-7-13(16)10-12/h4,6-10,14H,3,5,11,16H2,1-2H3,(H,17,18)/b9-8+. The van der Waals surface area contributed by atoms with Crippen molar-refractivity contribution >= 4 is 17.7 Å². The number of carbonyl (C=O) groups is 1. The molecule has 1 aromatic rings. The zero-order chi connectivity index (χ0) is 14.1. The molecule has 1 atom stereocenters. The van der Waals surface area contributed by atoms with Crippen molar-refractivity contribution in [3.63, 3.8) is 0 Å². The number of nitrogen functional groups attached to an aromatic ring is 1. The molecule has 0 aliphatic rings. The first kappa shape index (κ1) is 15.2. The molecule has 0 saturated carbocycles. The number of anilines is 1. The summed E-state index contributed by atoms with van der Waals surface area (Å²) in [6, 6.07) is 7.46. The average molecular weight is 262 g/mol. The second kappa shape index (κ2) is 8.32. The largest absolute Gasteiger partial charge is 0.399 e. The van der Waals surface area contributed by atoms with Crippen LogP contribution in [0.3, 0.4) is 0 Å². The Morgan fingerprint density at radius 1 is 1.53 bits per heavy atom. The summed E-state index contributed by atoms with van der Waals surface area (Å²) in [4.78, 5) is 11.8. The summed E-state index contributed by atoms with van der Waals surface area (Å²) in [5, 5.41) is 2.92. The molecule has 1 unspecified atom stereocenters. The molecule has 4 heteroatoms. The minimum atomic E-state index is -0.113. The molecule has 1 amide bonds. The highest BCUT2D eigenvalue weighted by Crippen LogP contribution is 2.08. The molecule has 19 heavy (non-hydrogen) atoms. The summed E-state index contributed by atoms with van der Waals surface area (Å²) >= 11 is 0. The number of nitrogens with two attached hydrogens (primary N) is 1. The van der Waals surface area contributed by atoms with E-state index in [9.17, 15) is 4.79 Å². The number of hydrogen-bond acceptors (Lipinski definition) is 3. The minimum Gasteiger partial charge on any atom is -0.399 e. The molecule has 0 spiro atoms. The van der Waals surface area contributed by atoms with E-state index >= 15 is 0 Å². The summed E-state index contributed by atoms with van der Waals surface area (Å²) in [5.74, 6) is -0.113. The molecule has 4 nitrogen and oxygen atoms in total. The van der Waals surface area contributed by atoms with E-state index in [4.69, 9.17) is 10.5 Å². The van der Waals surface area contributed by atoms with Gasteiger partial charge in [0.25, 0.3) is 0 Å². The number of benzene rings is 1. The van der Waals surface area contributed by atoms with Crippen LogP contribution in [0.1, 0.15) is 25.3 Å². The Morgan fingerprint density at radius 3 is 2.95 bits per heavy atom. The van der Waals surface area contributed by atoms with Gasteiger partial charge in [0.1, 0.15) is 0 Å². The first-order chi connectivity index (χ1) is 9.15. The van der Waals surface area contributed by atoms with Crippen LogP contribution in [0.25, 0.3) is 6.08 Å². The van der Waals surface area contributed by atoms with Crippen LogP contribution in [0, 0.1) is 0 Å². The zero-order valence-electron chi connectivity index (χ0n) is 11.6. The van der Waals surface area contributed by atoms with Crippen LogP contribution in [0.15, 0.2) is 30.3 Å². The van der Waals surface area contributed by atoms with Crippen LogP contribution < -0.4 is 11.1 Å². The van der Waals surface area contributed by atoms with Crippen molar-refractivity contribution < 1.29 is 9.53 Å². The Bertz CT molecular complexity index is 424. The Labute approximate surface area is 114 Å². The molecule has 104 valence electrons. The highest BCUT2D eigenvalue weighted by molar-refractivity contribution is 5.92. The Hall–Kier alpha value is -1.81. The van der Waals surface area contributed by atoms with Gasteiger partial charge in [0.15, 0.2) is 0 Å². The van der Waals surface area contributed by atoms with E-state index < -0.39 is 0 Å². The van der Waals surface area contributed by atoms with Gasteiger partial charge in [-0.15, -0.1) is 0 Å². The number of methoxy groups -OCH3 is 1. The highest BCUT2D eigenvalue weighted by Gasteiger charge is 2.08. The van der Waals surface area contributed by atoms with Crippen LogP contribution >= 0.6 is 0 Å². The van der Waals surface area contributed by atoms with Crippen molar-refractivity contribution in [1.29, 1.82) is 0 Å². The predicted octanol–water partition coefficient (Wildman–Crippen LogP) is 2.21. The maximum atomic E-state index is 11.8. The number of nitrogens with one attached hydrogen (secondary N) is 1. The van der Waals surface area contributed by atoms with Crippen molar-refractivity contribution in [3.8, 4) is 0 Å². The first-order valence-electron chi connectivity index (χ1n) is 6.48. The molecule has 0 aromatic heterocycles. The van der Waals surface area contributed by atoms with Crippen molar-refractivity contribution in [2.24, 2.45) is 0 Å². The van der Waals surface area contributed by atoms with E-state index in [2.05, 4.69) is 12.2 Å². The van der Waals surface area contributed by atoms with Gasteiger partial charge in [-0.25, -0.2) is 0 Å². The molecule has 0 heterocycles. The van der Waals surface area contributed by atoms with Gasteiger partial charge in [-0.3, -0.25) is 4.79 Å². The Morgan fingerprint density at radius 2 is 2.32 bits per heavy atom. The molecule has 0 aliphatic carbocycles. The number of amides is 1. The molecule has 3 N–H and O–H groups in total. The van der Waals surface area contributed by atoms with E-state index in [1.807, 2.05) is 24.3 Å². The second-order valence-corrected chi connectivity index (χ2v) is 4.45. The average Bonchev–Trinajstić information content (AvgIpc) is 2.37. The van der Waals surface area contributed by atoms with Gasteiger partial charge < -0.3 is 15.8 Å². The minimum absolute atomic E-state index is 0.0630. The smallest absolute Gasteiger partial charge is 0.244 e. The van der Waals surface area contributed by atoms with Crippen molar-refractivity contribution in [3.05, 3.63) is 35.9 Å². The van der Waals surface area contributed by atoms with Crippen LogP contribution in [0.2, 0.25) is 0 Å². The number of carbonyl (C=O) groups excluding carboxylic acids is 1. The second-order valence-electron chi connectivity index (χ2n) is 4.45. The molecular formula is C15H22N2O2. The van der Waals surface area contributed by atoms with Crippen LogP contribution in [-0.4, -0.2) is 25.7 Å². The lowest BCUT2D eigenvalue weighted by molar-refractivity contribution is -0.117. The summed E-state index contributed by atoms with van der Waals surface area (Å²) in [6.07, 6.45) is 5.19. The van der Waals surface area contributed by atoms with E-state index in [0.717, 1.165) is 18.4 Å². The third kappa shape index (κ3) is 6.06. The van der Waals surface area contributed by atoms with Gasteiger partial charge in [-0.2, -0.15) is 0 Å². The van der Waals surface area contributed by atoms with E-state index in [-0.39, 0.29) is 11.9 Å². The molecular weight excluding hydrogens is 240 g/mol. The van der Waals surface area contributed by atoms with Gasteiger partial charge in [0.2, 0.25) is 5.91 Å². The SMILES string of the molecule is CCCC(COC)NC(=O)/C=C/c1cccc(N)c1. The van der Waals surface area contributed by atoms with Gasteiger partial charge in [-0.1, -0.05) is 25.5 Å². The fraction of sp³-hybridized carbons (Fsp3) is 0.400. The summed E-state index contributed by atoms with van der Waals surface area (Å²) in [6.45, 7) is 2.61. The molecule has 0 radical (unpaired) electrons. The van der Waals surface area contributed by atoms with Gasteiger partial charge in [0.05, 0.1) is 12.6 Å². The lowest BCUT2D eigenvalue weighted by atomic mass is 10.1. The van der Waals surface area contributed by atoms with E-state index in [1.54, 1.807) is 13.2 Å². The van der Waals surface area contributed by atoms with Crippen molar-refractivity contribution in [2.75, 3.05) is 19.5 Å². The van der Waals surface area contributed by atoms with Crippen molar-refractivity contribution in [2.45, 2.75) is 25.8 Å². The van der Waals surface area contributed by atoms with Gasteiger partial charge >= 0.3 is 0 Å². The summed E-state index contributed by atoms with van der Waals surface area (Å²) in [7, 11) is 1.64. The van der Waals surface area contributed by atoms with Crippen molar-refractivity contribution in [1.82, 2.24) is 5.32 Å². The van der Waals surface area contributed by atoms with Crippen LogP contribution in [0.5, 0.6) is 0 Å². The maximum absolute atomic E-state index is 11.8. The molecule has 1 aromatic carbocycles. The monoisotopic (exact) mass is 262 g/mol. The topological polar surface area (TPSA) is 64.3 Å². The fourth-order valence-electron chi connectivity index (χ4n) is 1.83. The number of rotatable bonds is 7. The third-order valence-corrected chi connectivity index (χ3v) is 2.69. The molecule has 0 saturated heterocycles. The molecule has 0 aliphatic heterocycles. The van der Waals surface area contributed by atoms with Gasteiger partial charge in [-0.05, 0) is 30.2 Å². The van der Waals surface area contributed by atoms with E-state index in [0.29, 0.717) is 12.3 Å². The fourth-order valence-corrected chi connectivity index (χ4v) is 1.83. The molecule has 0 bridgehead atoms. The highest BCUT2D eigenvalue weighted by atomic mass is 16.5. The number of ether oxygens (including phenoxy) is 1. The zero-order valence-corrected chi connectivity index (χ0v) is 11.6. The quantitative estimate of drug-likeness (QED) is 0.585. The Balaban J connectivity index is 2.53. The number of hydrogen-bond donors (Lipinski definition) is 2.